The molecule has 0 saturated carbocycles. The van der Waals surface area contributed by atoms with Crippen molar-refractivity contribution in [3.63, 3.8) is 0 Å². The number of thioether (sulfide) groups is 1. The summed E-state index contributed by atoms with van der Waals surface area (Å²) in [6.07, 6.45) is 4.06. The third kappa shape index (κ3) is 8.27. The Morgan fingerprint density at radius 1 is 1.30 bits per heavy atom. The van der Waals surface area contributed by atoms with Crippen molar-refractivity contribution in [1.82, 2.24) is 10.2 Å². The summed E-state index contributed by atoms with van der Waals surface area (Å²) in [5.41, 5.74) is 1.15. The molecule has 27 heavy (non-hydrogen) atoms. The van der Waals surface area contributed by atoms with Crippen LogP contribution in [0.15, 0.2) is 18.2 Å². The topological polar surface area (TPSA) is 74.2 Å². The van der Waals surface area contributed by atoms with Gasteiger partial charge < -0.3 is 29.9 Å². The molecule has 2 rings (SSSR count). The van der Waals surface area contributed by atoms with Crippen molar-refractivity contribution in [1.29, 1.82) is 0 Å². The van der Waals surface area contributed by atoms with Gasteiger partial charge >= 0.3 is 0 Å². The van der Waals surface area contributed by atoms with Crippen LogP contribution in [-0.4, -0.2) is 79.2 Å². The number of benzene rings is 1. The van der Waals surface area contributed by atoms with E-state index in [2.05, 4.69) is 16.5 Å². The molecule has 6 nitrogen and oxygen atoms in total. The first-order chi connectivity index (χ1) is 13.1. The van der Waals surface area contributed by atoms with E-state index in [9.17, 15) is 10.2 Å². The van der Waals surface area contributed by atoms with E-state index >= 15 is 0 Å². The van der Waals surface area contributed by atoms with Crippen LogP contribution in [0, 0.1) is 0 Å². The Morgan fingerprint density at radius 3 is 2.78 bits per heavy atom. The summed E-state index contributed by atoms with van der Waals surface area (Å²) in [6.45, 7) is 4.23. The highest BCUT2D eigenvalue weighted by molar-refractivity contribution is 7.98. The number of methoxy groups -OCH3 is 1. The van der Waals surface area contributed by atoms with Crippen LogP contribution in [0.4, 0.5) is 0 Å². The number of β-amino-alcohol motifs (C(OH)–C–C–N with tert-alkyl or cyclic N) is 1. The third-order valence-electron chi connectivity index (χ3n) is 4.72. The minimum atomic E-state index is -0.567. The molecular weight excluding hydrogens is 364 g/mol. The number of nitrogens with one attached hydrogen (secondary N) is 1. The fourth-order valence-electron chi connectivity index (χ4n) is 3.15. The molecule has 1 aromatic carbocycles. The standard InChI is InChI=1S/C20H34N2O4S/c1-25-20-12-16(13-21-8-3-11-27-2)4-5-19(20)26-15-18(24)14-22-9-6-17(23)7-10-22/h4-5,12,17-18,21,23-24H,3,6-11,13-15H2,1-2H3. The van der Waals surface area contributed by atoms with Gasteiger partial charge in [0.2, 0.25) is 0 Å². The number of aliphatic hydroxyl groups excluding tert-OH is 2. The summed E-state index contributed by atoms with van der Waals surface area (Å²) < 4.78 is 11.2. The van der Waals surface area contributed by atoms with Crippen LogP contribution in [0.25, 0.3) is 0 Å². The van der Waals surface area contributed by atoms with Gasteiger partial charge in [0.1, 0.15) is 12.7 Å². The third-order valence-corrected chi connectivity index (χ3v) is 5.41. The van der Waals surface area contributed by atoms with Crippen molar-refractivity contribution in [3.05, 3.63) is 23.8 Å². The number of aliphatic hydroxyl groups is 2. The molecule has 1 aromatic rings. The molecule has 3 N–H and O–H groups in total. The van der Waals surface area contributed by atoms with Crippen LogP contribution in [0.5, 0.6) is 11.5 Å². The van der Waals surface area contributed by atoms with Crippen molar-refractivity contribution < 1.29 is 19.7 Å². The van der Waals surface area contributed by atoms with Crippen molar-refractivity contribution in [2.75, 3.05) is 51.9 Å². The van der Waals surface area contributed by atoms with Crippen LogP contribution >= 0.6 is 11.8 Å². The molecule has 154 valence electrons. The zero-order valence-corrected chi connectivity index (χ0v) is 17.3. The Balaban J connectivity index is 1.76. The van der Waals surface area contributed by atoms with Crippen LogP contribution in [0.2, 0.25) is 0 Å². The predicted octanol–water partition coefficient (Wildman–Crippen LogP) is 1.73. The van der Waals surface area contributed by atoms with Gasteiger partial charge in [-0.15, -0.1) is 0 Å². The van der Waals surface area contributed by atoms with Gasteiger partial charge in [0.25, 0.3) is 0 Å². The van der Waals surface area contributed by atoms with Gasteiger partial charge in [0.05, 0.1) is 13.2 Å². The predicted molar refractivity (Wildman–Crippen MR) is 111 cm³/mol. The lowest BCUT2D eigenvalue weighted by molar-refractivity contribution is 0.0333. The van der Waals surface area contributed by atoms with Gasteiger partial charge in [-0.3, -0.25) is 0 Å². The van der Waals surface area contributed by atoms with Gasteiger partial charge in [-0.25, -0.2) is 0 Å². The number of nitrogens with zero attached hydrogens (tertiary/aromatic N) is 1. The van der Waals surface area contributed by atoms with E-state index in [-0.39, 0.29) is 12.7 Å². The molecule has 1 atom stereocenters. The smallest absolute Gasteiger partial charge is 0.161 e. The maximum absolute atomic E-state index is 10.3. The van der Waals surface area contributed by atoms with Gasteiger partial charge in [-0.1, -0.05) is 6.07 Å². The van der Waals surface area contributed by atoms with E-state index in [4.69, 9.17) is 9.47 Å². The maximum Gasteiger partial charge on any atom is 0.161 e. The zero-order chi connectivity index (χ0) is 19.5. The lowest BCUT2D eigenvalue weighted by atomic mass is 10.1. The molecule has 0 aromatic heterocycles. The van der Waals surface area contributed by atoms with E-state index in [1.807, 2.05) is 30.0 Å². The molecule has 0 radical (unpaired) electrons. The first-order valence-electron chi connectivity index (χ1n) is 9.70. The minimum absolute atomic E-state index is 0.197. The number of hydrogen-bond acceptors (Lipinski definition) is 7. The number of likely N-dealkylation sites (tertiary alicyclic amines) is 1. The summed E-state index contributed by atoms with van der Waals surface area (Å²) >= 11 is 1.86. The lowest BCUT2D eigenvalue weighted by Gasteiger charge is -2.30. The van der Waals surface area contributed by atoms with E-state index in [0.717, 1.165) is 51.0 Å². The fourth-order valence-corrected chi connectivity index (χ4v) is 3.59. The molecule has 0 aliphatic carbocycles. The van der Waals surface area contributed by atoms with Crippen LogP contribution in [0.3, 0.4) is 0 Å². The zero-order valence-electron chi connectivity index (χ0n) is 16.5. The van der Waals surface area contributed by atoms with Crippen molar-refractivity contribution in [3.8, 4) is 11.5 Å². The highest BCUT2D eigenvalue weighted by Crippen LogP contribution is 2.28. The first kappa shape index (κ1) is 22.3. The number of ether oxygens (including phenoxy) is 2. The number of piperidine rings is 1. The van der Waals surface area contributed by atoms with E-state index in [1.165, 1.54) is 5.75 Å². The molecular formula is C20H34N2O4S. The molecule has 0 bridgehead atoms. The van der Waals surface area contributed by atoms with Crippen molar-refractivity contribution in [2.24, 2.45) is 0 Å². The second-order valence-electron chi connectivity index (χ2n) is 7.00. The van der Waals surface area contributed by atoms with E-state index in [1.54, 1.807) is 7.11 Å². The molecule has 1 unspecified atom stereocenters. The fraction of sp³-hybridized carbons (Fsp3) is 0.700. The van der Waals surface area contributed by atoms with Gasteiger partial charge in [0, 0.05) is 26.2 Å². The Morgan fingerprint density at radius 2 is 2.07 bits per heavy atom. The van der Waals surface area contributed by atoms with Gasteiger partial charge in [-0.05, 0) is 55.5 Å². The maximum atomic E-state index is 10.3. The Labute approximate surface area is 167 Å². The quantitative estimate of drug-likeness (QED) is 0.463. The van der Waals surface area contributed by atoms with Crippen LogP contribution in [0.1, 0.15) is 24.8 Å². The highest BCUT2D eigenvalue weighted by Gasteiger charge is 2.19. The summed E-state index contributed by atoms with van der Waals surface area (Å²) in [7, 11) is 1.63. The summed E-state index contributed by atoms with van der Waals surface area (Å²) in [5, 5.41) is 23.2. The van der Waals surface area contributed by atoms with Crippen molar-refractivity contribution in [2.45, 2.75) is 38.0 Å². The molecule has 1 aliphatic rings. The Bertz CT molecular complexity index is 539. The molecule has 1 fully saturated rings. The molecule has 1 aliphatic heterocycles. The van der Waals surface area contributed by atoms with E-state index in [0.29, 0.717) is 18.0 Å². The summed E-state index contributed by atoms with van der Waals surface area (Å²) in [5.74, 6) is 2.51. The molecule has 1 heterocycles. The SMILES string of the molecule is COc1cc(CNCCCSC)ccc1OCC(O)CN1CCC(O)CC1. The molecule has 0 spiro atoms. The molecule has 0 amide bonds. The second-order valence-corrected chi connectivity index (χ2v) is 7.99. The minimum Gasteiger partial charge on any atom is -0.493 e. The molecule has 1 saturated heterocycles. The van der Waals surface area contributed by atoms with Gasteiger partial charge in [-0.2, -0.15) is 11.8 Å². The normalized spacial score (nSPS) is 17.0. The largest absolute Gasteiger partial charge is 0.493 e. The van der Waals surface area contributed by atoms with Crippen molar-refractivity contribution >= 4 is 11.8 Å². The Kier molecular flexibility index (Phi) is 10.3. The Hall–Kier alpha value is -0.990. The van der Waals surface area contributed by atoms with E-state index < -0.39 is 6.10 Å². The van der Waals surface area contributed by atoms with Crippen LogP contribution in [-0.2, 0) is 6.54 Å². The van der Waals surface area contributed by atoms with Gasteiger partial charge in [0.15, 0.2) is 11.5 Å². The lowest BCUT2D eigenvalue weighted by Crippen LogP contribution is -2.41. The number of rotatable bonds is 12. The first-order valence-corrected chi connectivity index (χ1v) is 11.1. The summed E-state index contributed by atoms with van der Waals surface area (Å²) in [6, 6.07) is 5.91. The summed E-state index contributed by atoms with van der Waals surface area (Å²) in [4.78, 5) is 2.17. The number of hydrogen-bond donors (Lipinski definition) is 3. The average Bonchev–Trinajstić information content (AvgIpc) is 2.68. The molecule has 7 heteroatoms. The highest BCUT2D eigenvalue weighted by atomic mass is 32.2. The second kappa shape index (κ2) is 12.5. The van der Waals surface area contributed by atoms with Crippen LogP contribution < -0.4 is 14.8 Å². The monoisotopic (exact) mass is 398 g/mol. The average molecular weight is 399 g/mol.